The van der Waals surface area contributed by atoms with Crippen molar-refractivity contribution < 1.29 is 9.53 Å². The molecule has 2 aromatic rings. The first-order valence-corrected chi connectivity index (χ1v) is 13.6. The topological polar surface area (TPSA) is 57.1 Å². The maximum Gasteiger partial charge on any atom is 0.344 e. The lowest BCUT2D eigenvalue weighted by Gasteiger charge is -2.33. The molecule has 0 saturated carbocycles. The van der Waals surface area contributed by atoms with Crippen LogP contribution in [0.4, 0.5) is 16.2 Å². The van der Waals surface area contributed by atoms with E-state index in [-0.39, 0.29) is 6.03 Å². The van der Waals surface area contributed by atoms with Gasteiger partial charge in [-0.25, -0.2) is 4.79 Å². The number of fused-ring (bicyclic) bond motifs is 1. The zero-order valence-corrected chi connectivity index (χ0v) is 22.2. The Morgan fingerprint density at radius 1 is 1.11 bits per heavy atom. The Hall–Kier alpha value is -2.29. The van der Waals surface area contributed by atoms with Crippen molar-refractivity contribution in [3.05, 3.63) is 41.2 Å². The first-order chi connectivity index (χ1) is 17.4. The molecule has 1 spiro atoms. The number of ether oxygens (including phenoxy) is 1. The third-order valence-corrected chi connectivity index (χ3v) is 9.04. The molecule has 4 saturated heterocycles. The molecule has 1 aromatic carbocycles. The molecule has 8 nitrogen and oxygen atoms in total. The fourth-order valence-corrected chi connectivity index (χ4v) is 6.95. The summed E-state index contributed by atoms with van der Waals surface area (Å²) in [4.78, 5) is 22.0. The van der Waals surface area contributed by atoms with Crippen molar-refractivity contribution in [3.63, 3.8) is 0 Å². The lowest BCUT2D eigenvalue weighted by molar-refractivity contribution is 0.0254. The van der Waals surface area contributed by atoms with E-state index in [4.69, 9.17) is 16.3 Å². The molecule has 36 heavy (non-hydrogen) atoms. The standard InChI is InChI=1S/C27H37ClN6O2/c1-30(2)25-12-29-34(18-25)26(35)33-16-21-14-31(15-22(21)17-33)13-20-9-23(28)11-24(10-20)32-6-3-27(19-32)4-7-36-8-5-27/h9-12,18,21-22H,3-8,13-17,19H2,1-2H3. The average molecular weight is 513 g/mol. The molecule has 2 atom stereocenters. The van der Waals surface area contributed by atoms with E-state index >= 15 is 0 Å². The first kappa shape index (κ1) is 24.1. The molecular weight excluding hydrogens is 476 g/mol. The third-order valence-electron chi connectivity index (χ3n) is 8.82. The molecule has 5 heterocycles. The van der Waals surface area contributed by atoms with Gasteiger partial charge >= 0.3 is 6.03 Å². The number of benzene rings is 1. The molecule has 194 valence electrons. The van der Waals surface area contributed by atoms with Gasteiger partial charge in [0.2, 0.25) is 0 Å². The van der Waals surface area contributed by atoms with E-state index in [0.29, 0.717) is 17.3 Å². The fourth-order valence-electron chi connectivity index (χ4n) is 6.70. The maximum atomic E-state index is 13.0. The van der Waals surface area contributed by atoms with Gasteiger partial charge in [0, 0.05) is 83.8 Å². The molecule has 0 N–H and O–H groups in total. The number of anilines is 2. The summed E-state index contributed by atoms with van der Waals surface area (Å²) in [5.41, 5.74) is 3.90. The molecule has 6 rings (SSSR count). The van der Waals surface area contributed by atoms with Crippen LogP contribution in [0.1, 0.15) is 24.8 Å². The number of aromatic nitrogens is 2. The van der Waals surface area contributed by atoms with Gasteiger partial charge in [-0.05, 0) is 60.3 Å². The number of nitrogens with zero attached hydrogens (tertiary/aromatic N) is 6. The molecule has 0 aliphatic carbocycles. The zero-order valence-electron chi connectivity index (χ0n) is 21.4. The Morgan fingerprint density at radius 3 is 2.56 bits per heavy atom. The van der Waals surface area contributed by atoms with Crippen LogP contribution in [0.2, 0.25) is 5.02 Å². The van der Waals surface area contributed by atoms with Crippen LogP contribution < -0.4 is 9.80 Å². The lowest BCUT2D eigenvalue weighted by Crippen LogP contribution is -2.36. The van der Waals surface area contributed by atoms with E-state index in [1.54, 1.807) is 6.20 Å². The van der Waals surface area contributed by atoms with Gasteiger partial charge in [-0.15, -0.1) is 0 Å². The normalized spacial score (nSPS) is 25.6. The van der Waals surface area contributed by atoms with Crippen LogP contribution in [0.5, 0.6) is 0 Å². The Labute approximate surface area is 218 Å². The van der Waals surface area contributed by atoms with E-state index in [0.717, 1.165) is 69.7 Å². The van der Waals surface area contributed by atoms with Gasteiger partial charge in [0.15, 0.2) is 0 Å². The predicted octanol–water partition coefficient (Wildman–Crippen LogP) is 3.64. The quantitative estimate of drug-likeness (QED) is 0.623. The summed E-state index contributed by atoms with van der Waals surface area (Å²) in [6, 6.07) is 6.57. The van der Waals surface area contributed by atoms with Gasteiger partial charge < -0.3 is 19.4 Å². The molecule has 9 heteroatoms. The van der Waals surface area contributed by atoms with Crippen molar-refractivity contribution in [2.45, 2.75) is 25.8 Å². The van der Waals surface area contributed by atoms with E-state index in [2.05, 4.69) is 33.1 Å². The molecule has 4 aliphatic heterocycles. The van der Waals surface area contributed by atoms with Crippen molar-refractivity contribution in [2.75, 3.05) is 76.4 Å². The van der Waals surface area contributed by atoms with Crippen LogP contribution in [0.3, 0.4) is 0 Å². The second kappa shape index (κ2) is 9.54. The number of carbonyl (C=O) groups excluding carboxylic acids is 1. The minimum atomic E-state index is -0.0172. The van der Waals surface area contributed by atoms with Crippen molar-refractivity contribution in [1.29, 1.82) is 0 Å². The van der Waals surface area contributed by atoms with E-state index < -0.39 is 0 Å². The predicted molar refractivity (Wildman–Crippen MR) is 142 cm³/mol. The van der Waals surface area contributed by atoms with Gasteiger partial charge in [-0.1, -0.05) is 11.6 Å². The Kier molecular flexibility index (Phi) is 6.38. The van der Waals surface area contributed by atoms with Gasteiger partial charge in [0.1, 0.15) is 0 Å². The molecule has 1 aromatic heterocycles. The molecule has 4 aliphatic rings. The largest absolute Gasteiger partial charge is 0.381 e. The highest BCUT2D eigenvalue weighted by Crippen LogP contribution is 2.42. The summed E-state index contributed by atoms with van der Waals surface area (Å²) in [6.07, 6.45) is 7.14. The molecule has 4 fully saturated rings. The molecule has 1 amide bonds. The molecule has 0 radical (unpaired) electrons. The van der Waals surface area contributed by atoms with Crippen molar-refractivity contribution in [1.82, 2.24) is 19.6 Å². The first-order valence-electron chi connectivity index (χ1n) is 13.2. The number of likely N-dealkylation sites (tertiary alicyclic amines) is 2. The van der Waals surface area contributed by atoms with Crippen molar-refractivity contribution in [3.8, 4) is 0 Å². The summed E-state index contributed by atoms with van der Waals surface area (Å²) in [5, 5.41) is 5.10. The molecule has 0 bridgehead atoms. The average Bonchev–Trinajstić information content (AvgIpc) is 3.62. The lowest BCUT2D eigenvalue weighted by atomic mass is 9.80. The van der Waals surface area contributed by atoms with Crippen LogP contribution in [0, 0.1) is 17.3 Å². The zero-order chi connectivity index (χ0) is 24.9. The monoisotopic (exact) mass is 512 g/mol. The molecule has 2 unspecified atom stereocenters. The van der Waals surface area contributed by atoms with Gasteiger partial charge in [0.25, 0.3) is 0 Å². The number of rotatable bonds is 4. The summed E-state index contributed by atoms with van der Waals surface area (Å²) >= 11 is 6.60. The highest BCUT2D eigenvalue weighted by atomic mass is 35.5. The van der Waals surface area contributed by atoms with E-state index in [9.17, 15) is 4.79 Å². The second-order valence-electron chi connectivity index (χ2n) is 11.5. The third kappa shape index (κ3) is 4.71. The maximum absolute atomic E-state index is 13.0. The van der Waals surface area contributed by atoms with Crippen molar-refractivity contribution >= 4 is 29.0 Å². The smallest absolute Gasteiger partial charge is 0.344 e. The number of carbonyl (C=O) groups is 1. The SMILES string of the molecule is CN(C)c1cnn(C(=O)N2CC3CN(Cc4cc(Cl)cc(N5CCC6(CCOCC6)C5)c4)CC3C2)c1. The van der Waals surface area contributed by atoms with Crippen LogP contribution in [-0.4, -0.2) is 92.2 Å². The summed E-state index contributed by atoms with van der Waals surface area (Å²) < 4.78 is 7.10. The highest BCUT2D eigenvalue weighted by molar-refractivity contribution is 6.30. The van der Waals surface area contributed by atoms with Crippen molar-refractivity contribution in [2.24, 2.45) is 17.3 Å². The number of halogens is 1. The van der Waals surface area contributed by atoms with Crippen LogP contribution >= 0.6 is 11.6 Å². The fraction of sp³-hybridized carbons (Fsp3) is 0.630. The minimum absolute atomic E-state index is 0.0172. The second-order valence-corrected chi connectivity index (χ2v) is 12.0. The Bertz CT molecular complexity index is 1100. The van der Waals surface area contributed by atoms with E-state index in [1.165, 1.54) is 35.2 Å². The summed E-state index contributed by atoms with van der Waals surface area (Å²) in [5.74, 6) is 1.03. The van der Waals surface area contributed by atoms with Crippen LogP contribution in [-0.2, 0) is 11.3 Å². The number of hydrogen-bond acceptors (Lipinski definition) is 6. The minimum Gasteiger partial charge on any atom is -0.381 e. The van der Waals surface area contributed by atoms with E-state index in [1.807, 2.05) is 30.1 Å². The van der Waals surface area contributed by atoms with Gasteiger partial charge in [-0.2, -0.15) is 9.78 Å². The Balaban J connectivity index is 1.06. The van der Waals surface area contributed by atoms with Crippen LogP contribution in [0.25, 0.3) is 0 Å². The summed E-state index contributed by atoms with van der Waals surface area (Å²) in [7, 11) is 3.91. The number of amides is 1. The summed E-state index contributed by atoms with van der Waals surface area (Å²) in [6.45, 7) is 8.56. The Morgan fingerprint density at radius 2 is 1.86 bits per heavy atom. The van der Waals surface area contributed by atoms with Gasteiger partial charge in [-0.3, -0.25) is 4.90 Å². The highest BCUT2D eigenvalue weighted by Gasteiger charge is 2.42. The van der Waals surface area contributed by atoms with Gasteiger partial charge in [0.05, 0.1) is 18.1 Å². The van der Waals surface area contributed by atoms with Crippen LogP contribution in [0.15, 0.2) is 30.6 Å². The number of hydrogen-bond donors (Lipinski definition) is 0. The molecular formula is C27H37ClN6O2.